The van der Waals surface area contributed by atoms with Gasteiger partial charge in [-0.2, -0.15) is 0 Å². The molecule has 2 atom stereocenters. The molecule has 2 aliphatic rings. The Balaban J connectivity index is 0.00000208. The highest BCUT2D eigenvalue weighted by Crippen LogP contribution is 2.20. The molecule has 5 nitrogen and oxygen atoms in total. The third-order valence-corrected chi connectivity index (χ3v) is 5.48. The van der Waals surface area contributed by atoms with Gasteiger partial charge in [-0.05, 0) is 49.6 Å². The van der Waals surface area contributed by atoms with Gasteiger partial charge in [0.15, 0.2) is 5.96 Å². The Morgan fingerprint density at radius 3 is 3.08 bits per heavy atom. The fourth-order valence-electron chi connectivity index (χ4n) is 3.37. The maximum atomic E-state index is 5.98. The van der Waals surface area contributed by atoms with Gasteiger partial charge in [-0.15, -0.1) is 35.3 Å². The molecule has 2 aliphatic heterocycles. The van der Waals surface area contributed by atoms with Crippen molar-refractivity contribution in [3.05, 3.63) is 22.4 Å². The average Bonchev–Trinajstić information content (AvgIpc) is 3.25. The molecule has 0 aromatic carbocycles. The first kappa shape index (κ1) is 19.9. The normalized spacial score (nSPS) is 25.4. The fourth-order valence-corrected chi connectivity index (χ4v) is 4.12. The summed E-state index contributed by atoms with van der Waals surface area (Å²) in [5.74, 6) is 1.18. The summed E-state index contributed by atoms with van der Waals surface area (Å²) in [4.78, 5) is 8.54. The maximum Gasteiger partial charge on any atom is 0.188 e. The maximum absolute atomic E-state index is 5.98. The summed E-state index contributed by atoms with van der Waals surface area (Å²) in [6, 6.07) is 4.35. The Labute approximate surface area is 166 Å². The van der Waals surface area contributed by atoms with E-state index in [2.05, 4.69) is 32.7 Å². The summed E-state index contributed by atoms with van der Waals surface area (Å²) in [6.45, 7) is 5.89. The van der Waals surface area contributed by atoms with Gasteiger partial charge >= 0.3 is 0 Å². The van der Waals surface area contributed by atoms with E-state index in [1.807, 2.05) is 11.3 Å². The van der Waals surface area contributed by atoms with Crippen LogP contribution >= 0.6 is 35.3 Å². The van der Waals surface area contributed by atoms with Crippen LogP contribution in [0.4, 0.5) is 0 Å². The van der Waals surface area contributed by atoms with Gasteiger partial charge < -0.3 is 15.8 Å². The number of nitrogens with one attached hydrogen (secondary N) is 1. The third-order valence-electron chi connectivity index (χ3n) is 4.62. The van der Waals surface area contributed by atoms with Crippen molar-refractivity contribution in [1.82, 2.24) is 10.2 Å². The van der Waals surface area contributed by atoms with Crippen LogP contribution < -0.4 is 11.1 Å². The molecule has 0 radical (unpaired) electrons. The van der Waals surface area contributed by atoms with Crippen LogP contribution in [0, 0.1) is 5.92 Å². The Morgan fingerprint density at radius 1 is 1.42 bits per heavy atom. The zero-order chi connectivity index (χ0) is 15.9. The number of thiophene rings is 1. The van der Waals surface area contributed by atoms with Gasteiger partial charge in [0.25, 0.3) is 0 Å². The van der Waals surface area contributed by atoms with Crippen LogP contribution in [0.3, 0.4) is 0 Å². The number of hydrogen-bond donors (Lipinski definition) is 2. The minimum Gasteiger partial charge on any atom is -0.376 e. The average molecular weight is 464 g/mol. The van der Waals surface area contributed by atoms with E-state index in [9.17, 15) is 0 Å². The predicted molar refractivity (Wildman–Crippen MR) is 111 cm³/mol. The van der Waals surface area contributed by atoms with Gasteiger partial charge in [0.1, 0.15) is 0 Å². The van der Waals surface area contributed by atoms with Crippen LogP contribution in [-0.4, -0.2) is 49.7 Å². The molecule has 2 fully saturated rings. The van der Waals surface area contributed by atoms with Crippen molar-refractivity contribution < 1.29 is 4.74 Å². The molecule has 0 spiro atoms. The van der Waals surface area contributed by atoms with Gasteiger partial charge in [-0.3, -0.25) is 9.89 Å². The number of rotatable bonds is 6. The standard InChI is InChI=1S/C17H28N4OS.HI/c18-17(20-11-15-5-2-8-22-15)19-10-14-4-1-7-21(12-14)13-16-6-3-9-23-16;/h3,6,9,14-15H,1-2,4-5,7-8,10-13H2,(H3,18,19,20);1H. The van der Waals surface area contributed by atoms with E-state index >= 15 is 0 Å². The van der Waals surface area contributed by atoms with E-state index in [1.54, 1.807) is 0 Å². The van der Waals surface area contributed by atoms with Gasteiger partial charge in [0.2, 0.25) is 0 Å². The van der Waals surface area contributed by atoms with Gasteiger partial charge in [0, 0.05) is 37.7 Å². The highest BCUT2D eigenvalue weighted by Gasteiger charge is 2.20. The molecule has 136 valence electrons. The number of hydrogen-bond acceptors (Lipinski definition) is 4. The van der Waals surface area contributed by atoms with Crippen molar-refractivity contribution in [2.75, 3.05) is 32.8 Å². The Kier molecular flexibility index (Phi) is 8.79. The monoisotopic (exact) mass is 464 g/mol. The third kappa shape index (κ3) is 6.50. The molecule has 7 heteroatoms. The van der Waals surface area contributed by atoms with E-state index in [0.717, 1.165) is 45.6 Å². The first-order chi connectivity index (χ1) is 11.3. The molecule has 3 rings (SSSR count). The highest BCUT2D eigenvalue weighted by atomic mass is 127. The number of aliphatic imine (C=N–C) groups is 1. The number of nitrogens with two attached hydrogens (primary N) is 1. The number of ether oxygens (including phenoxy) is 1. The van der Waals surface area contributed by atoms with Crippen LogP contribution in [-0.2, 0) is 11.3 Å². The Bertz CT molecular complexity index is 491. The first-order valence-electron chi connectivity index (χ1n) is 8.70. The number of piperidine rings is 1. The van der Waals surface area contributed by atoms with Gasteiger partial charge in [-0.1, -0.05) is 6.07 Å². The van der Waals surface area contributed by atoms with Crippen molar-refractivity contribution in [2.24, 2.45) is 16.6 Å². The van der Waals surface area contributed by atoms with Crippen LogP contribution in [0.1, 0.15) is 30.6 Å². The number of nitrogens with zero attached hydrogens (tertiary/aromatic N) is 2. The van der Waals surface area contributed by atoms with Crippen molar-refractivity contribution in [3.63, 3.8) is 0 Å². The molecule has 3 heterocycles. The second-order valence-electron chi connectivity index (χ2n) is 6.56. The number of guanidine groups is 1. The van der Waals surface area contributed by atoms with Crippen molar-refractivity contribution >= 4 is 41.3 Å². The second-order valence-corrected chi connectivity index (χ2v) is 7.60. The molecule has 24 heavy (non-hydrogen) atoms. The van der Waals surface area contributed by atoms with E-state index in [-0.39, 0.29) is 24.0 Å². The lowest BCUT2D eigenvalue weighted by molar-refractivity contribution is 0.114. The summed E-state index contributed by atoms with van der Waals surface area (Å²) in [7, 11) is 0. The van der Waals surface area contributed by atoms with E-state index in [0.29, 0.717) is 18.0 Å². The van der Waals surface area contributed by atoms with E-state index in [4.69, 9.17) is 10.5 Å². The molecule has 0 bridgehead atoms. The molecule has 2 unspecified atom stereocenters. The van der Waals surface area contributed by atoms with E-state index < -0.39 is 0 Å². The largest absolute Gasteiger partial charge is 0.376 e. The summed E-state index contributed by atoms with van der Waals surface area (Å²) in [5.41, 5.74) is 5.98. The van der Waals surface area contributed by atoms with E-state index in [1.165, 1.54) is 24.3 Å². The van der Waals surface area contributed by atoms with Crippen molar-refractivity contribution in [3.8, 4) is 0 Å². The second kappa shape index (κ2) is 10.6. The molecular formula is C17H29IN4OS. The zero-order valence-corrected chi connectivity index (χ0v) is 17.3. The highest BCUT2D eigenvalue weighted by molar-refractivity contribution is 14.0. The SMILES string of the molecule is I.NC(=NCC1CCCN(Cc2cccs2)C1)NCC1CCCO1. The summed E-state index contributed by atoms with van der Waals surface area (Å²) < 4.78 is 5.58. The number of likely N-dealkylation sites (tertiary alicyclic amines) is 1. The Morgan fingerprint density at radius 2 is 2.33 bits per heavy atom. The fraction of sp³-hybridized carbons (Fsp3) is 0.706. The lowest BCUT2D eigenvalue weighted by Crippen LogP contribution is -2.39. The molecule has 3 N–H and O–H groups in total. The molecule has 2 saturated heterocycles. The van der Waals surface area contributed by atoms with Crippen LogP contribution in [0.15, 0.2) is 22.5 Å². The smallest absolute Gasteiger partial charge is 0.188 e. The molecule has 0 aliphatic carbocycles. The van der Waals surface area contributed by atoms with Gasteiger partial charge in [0.05, 0.1) is 6.10 Å². The minimum absolute atomic E-state index is 0. The molecule has 1 aromatic heterocycles. The summed E-state index contributed by atoms with van der Waals surface area (Å²) in [5, 5.41) is 5.36. The Hall–Kier alpha value is -0.380. The lowest BCUT2D eigenvalue weighted by Gasteiger charge is -2.31. The topological polar surface area (TPSA) is 62.9 Å². The molecule has 1 aromatic rings. The van der Waals surface area contributed by atoms with Crippen LogP contribution in [0.5, 0.6) is 0 Å². The quantitative estimate of drug-likeness (QED) is 0.386. The zero-order valence-electron chi connectivity index (χ0n) is 14.2. The van der Waals surface area contributed by atoms with Crippen LogP contribution in [0.25, 0.3) is 0 Å². The predicted octanol–water partition coefficient (Wildman–Crippen LogP) is 2.66. The number of halogens is 1. The van der Waals surface area contributed by atoms with Crippen LogP contribution in [0.2, 0.25) is 0 Å². The summed E-state index contributed by atoms with van der Waals surface area (Å²) in [6.07, 6.45) is 5.10. The minimum atomic E-state index is 0. The molecular weight excluding hydrogens is 435 g/mol. The van der Waals surface area contributed by atoms with Crippen molar-refractivity contribution in [2.45, 2.75) is 38.3 Å². The molecule has 0 saturated carbocycles. The van der Waals surface area contributed by atoms with Gasteiger partial charge in [-0.25, -0.2) is 0 Å². The summed E-state index contributed by atoms with van der Waals surface area (Å²) >= 11 is 1.84. The first-order valence-corrected chi connectivity index (χ1v) is 9.57. The lowest BCUT2D eigenvalue weighted by atomic mass is 9.98. The molecule has 0 amide bonds. The van der Waals surface area contributed by atoms with Crippen molar-refractivity contribution in [1.29, 1.82) is 0 Å².